The summed E-state index contributed by atoms with van der Waals surface area (Å²) in [6.07, 6.45) is 9.24. The SMILES string of the molecule is Cc1ncc(C(=O)NCCN2CCOCC23CC3)cc1NC(=O)c1nnc2cc(-c3cnn(C)c3)ccn12. The predicted octanol–water partition coefficient (Wildman–Crippen LogP) is 1.68. The summed E-state index contributed by atoms with van der Waals surface area (Å²) in [4.78, 5) is 32.7. The fourth-order valence-corrected chi connectivity index (χ4v) is 4.88. The van der Waals surface area contributed by atoms with Gasteiger partial charge in [-0.15, -0.1) is 10.2 Å². The Morgan fingerprint density at radius 3 is 2.79 bits per heavy atom. The molecule has 38 heavy (non-hydrogen) atoms. The molecule has 1 spiro atoms. The van der Waals surface area contributed by atoms with E-state index in [0.717, 1.165) is 50.3 Å². The van der Waals surface area contributed by atoms with Crippen molar-refractivity contribution < 1.29 is 14.3 Å². The quantitative estimate of drug-likeness (QED) is 0.380. The van der Waals surface area contributed by atoms with E-state index in [1.807, 2.05) is 25.4 Å². The second-order valence-corrected chi connectivity index (χ2v) is 9.90. The zero-order chi connectivity index (χ0) is 26.3. The van der Waals surface area contributed by atoms with Gasteiger partial charge in [-0.1, -0.05) is 0 Å². The molecule has 1 saturated heterocycles. The summed E-state index contributed by atoms with van der Waals surface area (Å²) < 4.78 is 8.96. The molecule has 2 N–H and O–H groups in total. The molecule has 5 heterocycles. The number of anilines is 1. The minimum Gasteiger partial charge on any atom is -0.378 e. The number of carbonyl (C=O) groups excluding carboxylic acids is 2. The molecular weight excluding hydrogens is 486 g/mol. The molecule has 12 nitrogen and oxygen atoms in total. The van der Waals surface area contributed by atoms with Gasteiger partial charge in [0.2, 0.25) is 5.82 Å². The van der Waals surface area contributed by atoms with E-state index in [-0.39, 0.29) is 17.3 Å². The molecule has 0 bridgehead atoms. The third-order valence-electron chi connectivity index (χ3n) is 7.29. The van der Waals surface area contributed by atoms with Gasteiger partial charge < -0.3 is 15.4 Å². The average Bonchev–Trinajstić information content (AvgIpc) is 3.33. The molecule has 2 aliphatic rings. The number of carbonyl (C=O) groups is 2. The minimum absolute atomic E-state index is 0.131. The van der Waals surface area contributed by atoms with Crippen molar-refractivity contribution in [3.05, 3.63) is 60.1 Å². The van der Waals surface area contributed by atoms with Crippen LogP contribution in [0.15, 0.2) is 43.0 Å². The molecule has 4 aromatic rings. The van der Waals surface area contributed by atoms with Crippen LogP contribution in [0, 0.1) is 6.92 Å². The number of pyridine rings is 2. The average molecular weight is 516 g/mol. The molecule has 0 aromatic carbocycles. The number of nitrogens with one attached hydrogen (secondary N) is 2. The van der Waals surface area contributed by atoms with Crippen LogP contribution in [0.2, 0.25) is 0 Å². The van der Waals surface area contributed by atoms with E-state index in [1.165, 1.54) is 6.20 Å². The Balaban J connectivity index is 1.12. The second kappa shape index (κ2) is 9.62. The van der Waals surface area contributed by atoms with E-state index >= 15 is 0 Å². The molecule has 2 fully saturated rings. The number of rotatable bonds is 7. The third-order valence-corrected chi connectivity index (χ3v) is 7.29. The zero-order valence-corrected chi connectivity index (χ0v) is 21.3. The largest absolute Gasteiger partial charge is 0.378 e. The van der Waals surface area contributed by atoms with Crippen LogP contribution in [0.3, 0.4) is 0 Å². The van der Waals surface area contributed by atoms with Gasteiger partial charge in [0.1, 0.15) is 0 Å². The number of fused-ring (bicyclic) bond motifs is 1. The van der Waals surface area contributed by atoms with E-state index in [9.17, 15) is 9.59 Å². The first-order valence-corrected chi connectivity index (χ1v) is 12.6. The van der Waals surface area contributed by atoms with Crippen LogP contribution in [0.4, 0.5) is 5.69 Å². The topological polar surface area (TPSA) is 132 Å². The molecule has 0 atom stereocenters. The molecule has 1 saturated carbocycles. The maximum atomic E-state index is 13.1. The number of amides is 2. The van der Waals surface area contributed by atoms with Gasteiger partial charge in [0.05, 0.1) is 36.4 Å². The highest BCUT2D eigenvalue weighted by atomic mass is 16.5. The molecule has 2 amide bonds. The van der Waals surface area contributed by atoms with Gasteiger partial charge in [-0.3, -0.25) is 28.6 Å². The molecule has 4 aromatic heterocycles. The van der Waals surface area contributed by atoms with Crippen molar-refractivity contribution in [1.29, 1.82) is 0 Å². The Hall–Kier alpha value is -4.16. The maximum Gasteiger partial charge on any atom is 0.294 e. The van der Waals surface area contributed by atoms with Crippen molar-refractivity contribution >= 4 is 23.1 Å². The van der Waals surface area contributed by atoms with Crippen LogP contribution in [0.25, 0.3) is 16.8 Å². The first-order chi connectivity index (χ1) is 18.4. The molecule has 0 radical (unpaired) electrons. The number of nitrogens with zero attached hydrogens (tertiary/aromatic N) is 7. The molecule has 1 aliphatic heterocycles. The van der Waals surface area contributed by atoms with E-state index in [1.54, 1.807) is 34.5 Å². The van der Waals surface area contributed by atoms with Gasteiger partial charge in [0.25, 0.3) is 11.8 Å². The molecular formula is C26H29N9O3. The number of hydrogen-bond acceptors (Lipinski definition) is 8. The Bertz CT molecular complexity index is 1520. The fourth-order valence-electron chi connectivity index (χ4n) is 4.88. The van der Waals surface area contributed by atoms with E-state index < -0.39 is 5.91 Å². The van der Waals surface area contributed by atoms with Gasteiger partial charge in [-0.25, -0.2) is 0 Å². The predicted molar refractivity (Wildman–Crippen MR) is 139 cm³/mol. The minimum atomic E-state index is -0.448. The molecule has 0 unspecified atom stereocenters. The van der Waals surface area contributed by atoms with Crippen LogP contribution in [-0.4, -0.2) is 84.5 Å². The number of morpholine rings is 1. The smallest absolute Gasteiger partial charge is 0.294 e. The van der Waals surface area contributed by atoms with Gasteiger partial charge in [-0.2, -0.15) is 5.10 Å². The first-order valence-electron chi connectivity index (χ1n) is 12.6. The van der Waals surface area contributed by atoms with E-state index in [4.69, 9.17) is 4.74 Å². The van der Waals surface area contributed by atoms with Crippen molar-refractivity contribution in [2.24, 2.45) is 7.05 Å². The van der Waals surface area contributed by atoms with Crippen molar-refractivity contribution in [1.82, 2.24) is 39.6 Å². The first kappa shape index (κ1) is 24.2. The maximum absolute atomic E-state index is 13.1. The highest BCUT2D eigenvalue weighted by Crippen LogP contribution is 2.43. The Morgan fingerprint density at radius 2 is 2.00 bits per heavy atom. The summed E-state index contributed by atoms with van der Waals surface area (Å²) in [6, 6.07) is 5.36. The number of hydrogen-bond donors (Lipinski definition) is 2. The zero-order valence-electron chi connectivity index (χ0n) is 21.3. The molecule has 1 aliphatic carbocycles. The molecule has 6 rings (SSSR count). The molecule has 12 heteroatoms. The summed E-state index contributed by atoms with van der Waals surface area (Å²) in [5.74, 6) is -0.551. The summed E-state index contributed by atoms with van der Waals surface area (Å²) >= 11 is 0. The van der Waals surface area contributed by atoms with Crippen molar-refractivity contribution in [2.45, 2.75) is 25.3 Å². The van der Waals surface area contributed by atoms with Crippen LogP contribution >= 0.6 is 0 Å². The summed E-state index contributed by atoms with van der Waals surface area (Å²) in [6.45, 7) is 5.48. The van der Waals surface area contributed by atoms with Gasteiger partial charge in [0, 0.05) is 56.4 Å². The third kappa shape index (κ3) is 4.63. The lowest BCUT2D eigenvalue weighted by Gasteiger charge is -2.36. The van der Waals surface area contributed by atoms with Crippen LogP contribution in [-0.2, 0) is 11.8 Å². The second-order valence-electron chi connectivity index (χ2n) is 9.90. The molecule has 196 valence electrons. The standard InChI is InChI=1S/C26H29N9O3/c1-17-21(11-19(13-28-17)24(36)27-6-8-34-9-10-38-16-26(34)4-5-26)30-25(37)23-32-31-22-12-18(3-7-35(22)23)20-14-29-33(2)15-20/h3,7,11-15H,4-6,8-10,16H2,1-2H3,(H,27,36)(H,30,37). The Labute approximate surface area is 219 Å². The van der Waals surface area contributed by atoms with Crippen molar-refractivity contribution in [3.63, 3.8) is 0 Å². The Kier molecular flexibility index (Phi) is 6.12. The van der Waals surface area contributed by atoms with Gasteiger partial charge in [0.15, 0.2) is 5.65 Å². The fraction of sp³-hybridized carbons (Fsp3) is 0.385. The lowest BCUT2D eigenvalue weighted by atomic mass is 10.1. The summed E-state index contributed by atoms with van der Waals surface area (Å²) in [7, 11) is 1.85. The van der Waals surface area contributed by atoms with Crippen LogP contribution < -0.4 is 10.6 Å². The summed E-state index contributed by atoms with van der Waals surface area (Å²) in [5.41, 5.74) is 3.98. The number of ether oxygens (including phenoxy) is 1. The highest BCUT2D eigenvalue weighted by molar-refractivity contribution is 6.03. The summed E-state index contributed by atoms with van der Waals surface area (Å²) in [5, 5.41) is 18.3. The lowest BCUT2D eigenvalue weighted by molar-refractivity contribution is -0.0192. The van der Waals surface area contributed by atoms with Crippen molar-refractivity contribution in [2.75, 3.05) is 38.2 Å². The number of aromatic nitrogens is 6. The Morgan fingerprint density at radius 1 is 1.13 bits per heavy atom. The highest BCUT2D eigenvalue weighted by Gasteiger charge is 2.49. The van der Waals surface area contributed by atoms with Gasteiger partial charge >= 0.3 is 0 Å². The van der Waals surface area contributed by atoms with E-state index in [2.05, 4.69) is 35.8 Å². The normalized spacial score (nSPS) is 16.6. The number of aryl methyl sites for hydroxylation is 2. The lowest BCUT2D eigenvalue weighted by Crippen LogP contribution is -2.50. The van der Waals surface area contributed by atoms with Gasteiger partial charge in [-0.05, 0) is 43.5 Å². The van der Waals surface area contributed by atoms with Crippen molar-refractivity contribution in [3.8, 4) is 11.1 Å². The monoisotopic (exact) mass is 515 g/mol. The van der Waals surface area contributed by atoms with Crippen LogP contribution in [0.5, 0.6) is 0 Å². The van der Waals surface area contributed by atoms with Crippen LogP contribution in [0.1, 0.15) is 39.5 Å². The van der Waals surface area contributed by atoms with E-state index in [0.29, 0.717) is 29.1 Å².